The molecule has 32 heavy (non-hydrogen) atoms. The molecular weight excluding hydrogens is 429 g/mol. The summed E-state index contributed by atoms with van der Waals surface area (Å²) in [6, 6.07) is 5.92. The maximum atomic E-state index is 13.5. The minimum Gasteiger partial charge on any atom is -0.379 e. The normalized spacial score (nSPS) is 16.3. The number of benzene rings is 1. The number of carbonyl (C=O) groups is 1. The molecule has 1 aromatic carbocycles. The Morgan fingerprint density at radius 1 is 1.28 bits per heavy atom. The Hall–Kier alpha value is -2.62. The molecule has 1 aliphatic carbocycles. The third kappa shape index (κ3) is 4.46. The second-order valence-corrected chi connectivity index (χ2v) is 9.39. The van der Waals surface area contributed by atoms with Gasteiger partial charge in [0.25, 0.3) is 0 Å². The van der Waals surface area contributed by atoms with Crippen molar-refractivity contribution in [3.63, 3.8) is 0 Å². The standard InChI is InChI=1S/C23H26FN5O2S/c1-28(14-20(30)25-16-5-2-4-15(24)12-16)22-21-17-6-3-7-18(17)32-23(21)27-19(26-22)13-29-8-10-31-11-9-29/h2,4-5,12H,3,6-11,13-14H2,1H3,(H,25,30). The Morgan fingerprint density at radius 2 is 2.12 bits per heavy atom. The van der Waals surface area contributed by atoms with Crippen LogP contribution < -0.4 is 10.2 Å². The molecule has 3 heterocycles. The molecule has 7 nitrogen and oxygen atoms in total. The zero-order valence-corrected chi connectivity index (χ0v) is 18.9. The van der Waals surface area contributed by atoms with E-state index in [0.717, 1.165) is 67.4 Å². The van der Waals surface area contributed by atoms with Crippen molar-refractivity contribution in [2.75, 3.05) is 50.1 Å². The van der Waals surface area contributed by atoms with Crippen LogP contribution in [0.2, 0.25) is 0 Å². The van der Waals surface area contributed by atoms with Gasteiger partial charge in [-0.1, -0.05) is 6.07 Å². The van der Waals surface area contributed by atoms with Crippen molar-refractivity contribution in [2.45, 2.75) is 25.8 Å². The number of ether oxygens (including phenoxy) is 1. The predicted octanol–water partition coefficient (Wildman–Crippen LogP) is 3.23. The third-order valence-electron chi connectivity index (χ3n) is 5.91. The number of hydrogen-bond acceptors (Lipinski definition) is 7. The van der Waals surface area contributed by atoms with Gasteiger partial charge in [-0.05, 0) is 43.0 Å². The van der Waals surface area contributed by atoms with Gasteiger partial charge in [0, 0.05) is 30.7 Å². The molecule has 1 fully saturated rings. The van der Waals surface area contributed by atoms with Crippen molar-refractivity contribution in [1.82, 2.24) is 14.9 Å². The summed E-state index contributed by atoms with van der Waals surface area (Å²) < 4.78 is 18.9. The number of aryl methyl sites for hydroxylation is 2. The van der Waals surface area contributed by atoms with Crippen LogP contribution in [0.1, 0.15) is 22.7 Å². The second-order valence-electron chi connectivity index (χ2n) is 8.30. The highest BCUT2D eigenvalue weighted by atomic mass is 32.1. The molecule has 1 amide bonds. The van der Waals surface area contributed by atoms with Gasteiger partial charge >= 0.3 is 0 Å². The van der Waals surface area contributed by atoms with E-state index in [1.165, 1.54) is 22.6 Å². The fraction of sp³-hybridized carbons (Fsp3) is 0.435. The van der Waals surface area contributed by atoms with E-state index in [2.05, 4.69) is 10.2 Å². The van der Waals surface area contributed by atoms with E-state index in [0.29, 0.717) is 12.2 Å². The second kappa shape index (κ2) is 9.09. The summed E-state index contributed by atoms with van der Waals surface area (Å²) in [6.45, 7) is 3.96. The first-order valence-electron chi connectivity index (χ1n) is 10.9. The average Bonchev–Trinajstić information content (AvgIpc) is 3.35. The molecule has 9 heteroatoms. The summed E-state index contributed by atoms with van der Waals surface area (Å²) in [5.74, 6) is 0.973. The number of anilines is 2. The Morgan fingerprint density at radius 3 is 2.94 bits per heavy atom. The highest BCUT2D eigenvalue weighted by molar-refractivity contribution is 7.19. The van der Waals surface area contributed by atoms with Gasteiger partial charge in [-0.2, -0.15) is 0 Å². The van der Waals surface area contributed by atoms with Gasteiger partial charge in [0.2, 0.25) is 5.91 Å². The molecule has 0 unspecified atom stereocenters. The van der Waals surface area contributed by atoms with Crippen LogP contribution in [0.3, 0.4) is 0 Å². The molecule has 1 saturated heterocycles. The highest BCUT2D eigenvalue weighted by Gasteiger charge is 2.25. The van der Waals surface area contributed by atoms with Gasteiger partial charge in [0.05, 0.1) is 31.7 Å². The number of thiophene rings is 1. The molecular formula is C23H26FN5O2S. The lowest BCUT2D eigenvalue weighted by Gasteiger charge is -2.26. The maximum Gasteiger partial charge on any atom is 0.243 e. The number of carbonyl (C=O) groups excluding carboxylic acids is 1. The first-order valence-corrected chi connectivity index (χ1v) is 11.8. The van der Waals surface area contributed by atoms with Crippen LogP contribution in [0.4, 0.5) is 15.9 Å². The smallest absolute Gasteiger partial charge is 0.243 e. The molecule has 0 spiro atoms. The van der Waals surface area contributed by atoms with Crippen LogP contribution in [0.5, 0.6) is 0 Å². The highest BCUT2D eigenvalue weighted by Crippen LogP contribution is 2.40. The summed E-state index contributed by atoms with van der Waals surface area (Å²) in [6.07, 6.45) is 3.26. The van der Waals surface area contributed by atoms with Crippen molar-refractivity contribution in [3.05, 3.63) is 46.3 Å². The van der Waals surface area contributed by atoms with E-state index >= 15 is 0 Å². The summed E-state index contributed by atoms with van der Waals surface area (Å²) in [5.41, 5.74) is 1.77. The summed E-state index contributed by atoms with van der Waals surface area (Å²) >= 11 is 1.75. The zero-order valence-electron chi connectivity index (χ0n) is 18.1. The number of morpholine rings is 1. The minimum absolute atomic E-state index is 0.115. The van der Waals surface area contributed by atoms with Crippen LogP contribution in [0.15, 0.2) is 24.3 Å². The van der Waals surface area contributed by atoms with Crippen molar-refractivity contribution in [1.29, 1.82) is 0 Å². The molecule has 1 N–H and O–H groups in total. The third-order valence-corrected chi connectivity index (χ3v) is 7.10. The Balaban J connectivity index is 1.41. The molecule has 1 aliphatic heterocycles. The number of rotatable bonds is 6. The molecule has 168 valence electrons. The first-order chi connectivity index (χ1) is 15.6. The zero-order chi connectivity index (χ0) is 22.1. The van der Waals surface area contributed by atoms with Crippen molar-refractivity contribution in [2.24, 2.45) is 0 Å². The van der Waals surface area contributed by atoms with Gasteiger partial charge in [-0.15, -0.1) is 11.3 Å². The number of nitrogens with one attached hydrogen (secondary N) is 1. The van der Waals surface area contributed by atoms with Crippen LogP contribution >= 0.6 is 11.3 Å². The lowest BCUT2D eigenvalue weighted by atomic mass is 10.2. The fourth-order valence-electron chi connectivity index (χ4n) is 4.38. The number of nitrogens with zero attached hydrogens (tertiary/aromatic N) is 4. The van der Waals surface area contributed by atoms with Gasteiger partial charge in [0.15, 0.2) is 0 Å². The van der Waals surface area contributed by atoms with E-state index in [1.807, 2.05) is 11.9 Å². The van der Waals surface area contributed by atoms with E-state index in [9.17, 15) is 9.18 Å². The van der Waals surface area contributed by atoms with Gasteiger partial charge < -0.3 is 15.0 Å². The predicted molar refractivity (Wildman–Crippen MR) is 124 cm³/mol. The van der Waals surface area contributed by atoms with Crippen molar-refractivity contribution < 1.29 is 13.9 Å². The number of likely N-dealkylation sites (N-methyl/N-ethyl adjacent to an activating group) is 1. The van der Waals surface area contributed by atoms with Gasteiger partial charge in [-0.25, -0.2) is 14.4 Å². The van der Waals surface area contributed by atoms with E-state index < -0.39 is 0 Å². The molecule has 2 aliphatic rings. The number of halogens is 1. The number of fused-ring (bicyclic) bond motifs is 3. The number of amides is 1. The quantitative estimate of drug-likeness (QED) is 0.616. The van der Waals surface area contributed by atoms with Crippen molar-refractivity contribution >= 4 is 39.0 Å². The van der Waals surface area contributed by atoms with Crippen molar-refractivity contribution in [3.8, 4) is 0 Å². The lowest BCUT2D eigenvalue weighted by Crippen LogP contribution is -2.36. The minimum atomic E-state index is -0.379. The molecule has 0 atom stereocenters. The van der Waals surface area contributed by atoms with E-state index in [1.54, 1.807) is 23.5 Å². The largest absolute Gasteiger partial charge is 0.379 e. The van der Waals surface area contributed by atoms with Crippen LogP contribution in [-0.4, -0.2) is 60.7 Å². The molecule has 2 aromatic heterocycles. The van der Waals surface area contributed by atoms with Crippen LogP contribution in [0.25, 0.3) is 10.2 Å². The summed E-state index contributed by atoms with van der Waals surface area (Å²) in [4.78, 5) is 29.1. The first kappa shape index (κ1) is 21.2. The summed E-state index contributed by atoms with van der Waals surface area (Å²) in [7, 11) is 1.88. The van der Waals surface area contributed by atoms with E-state index in [-0.39, 0.29) is 18.3 Å². The molecule has 0 bridgehead atoms. The number of aromatic nitrogens is 2. The molecule has 0 radical (unpaired) electrons. The molecule has 5 rings (SSSR count). The SMILES string of the molecule is CN(CC(=O)Nc1cccc(F)c1)c1nc(CN2CCOCC2)nc2sc3c(c12)CCC3. The Labute approximate surface area is 190 Å². The number of hydrogen-bond donors (Lipinski definition) is 1. The fourth-order valence-corrected chi connectivity index (χ4v) is 5.66. The van der Waals surface area contributed by atoms with Crippen LogP contribution in [0, 0.1) is 5.82 Å². The van der Waals surface area contributed by atoms with Crippen LogP contribution in [-0.2, 0) is 28.9 Å². The molecule has 3 aromatic rings. The lowest BCUT2D eigenvalue weighted by molar-refractivity contribution is -0.114. The summed E-state index contributed by atoms with van der Waals surface area (Å²) in [5, 5.41) is 3.85. The average molecular weight is 456 g/mol. The monoisotopic (exact) mass is 455 g/mol. The maximum absolute atomic E-state index is 13.5. The Bertz CT molecular complexity index is 1140. The van der Waals surface area contributed by atoms with Gasteiger partial charge in [0.1, 0.15) is 22.3 Å². The topological polar surface area (TPSA) is 70.6 Å². The Kier molecular flexibility index (Phi) is 6.03. The molecule has 0 saturated carbocycles. The van der Waals surface area contributed by atoms with E-state index in [4.69, 9.17) is 14.7 Å². The van der Waals surface area contributed by atoms with Gasteiger partial charge in [-0.3, -0.25) is 9.69 Å².